The third-order valence-electron chi connectivity index (χ3n) is 3.22. The summed E-state index contributed by atoms with van der Waals surface area (Å²) in [7, 11) is 0. The van der Waals surface area contributed by atoms with E-state index in [9.17, 15) is 4.79 Å². The van der Waals surface area contributed by atoms with Crippen molar-refractivity contribution >= 4 is 29.3 Å². The molecule has 0 saturated carbocycles. The van der Waals surface area contributed by atoms with Gasteiger partial charge in [0.05, 0.1) is 18.0 Å². The first-order chi connectivity index (χ1) is 11.7. The van der Waals surface area contributed by atoms with Crippen LogP contribution in [0.5, 0.6) is 0 Å². The fourth-order valence-corrected chi connectivity index (χ4v) is 3.08. The van der Waals surface area contributed by atoms with Gasteiger partial charge in [0.2, 0.25) is 5.91 Å². The van der Waals surface area contributed by atoms with Crippen LogP contribution < -0.4 is 5.32 Å². The monoisotopic (exact) mass is 358 g/mol. The van der Waals surface area contributed by atoms with E-state index in [-0.39, 0.29) is 11.7 Å². The first kappa shape index (κ1) is 16.5. The number of thioether (sulfide) groups is 1. The molecule has 2 aromatic heterocycles. The Hall–Kier alpha value is -2.31. The third kappa shape index (κ3) is 4.37. The molecule has 24 heavy (non-hydrogen) atoms. The van der Waals surface area contributed by atoms with E-state index in [1.54, 1.807) is 12.4 Å². The van der Waals surface area contributed by atoms with Crippen LogP contribution in [-0.2, 0) is 11.3 Å². The Morgan fingerprint density at radius 1 is 1.17 bits per heavy atom. The molecule has 0 aliphatic carbocycles. The first-order valence-corrected chi connectivity index (χ1v) is 8.67. The summed E-state index contributed by atoms with van der Waals surface area (Å²) >= 11 is 7.40. The largest absolute Gasteiger partial charge is 0.350 e. The quantitative estimate of drug-likeness (QED) is 0.687. The number of hydrogen-bond acceptors (Lipinski definition) is 4. The van der Waals surface area contributed by atoms with Crippen LogP contribution in [0, 0.1) is 0 Å². The summed E-state index contributed by atoms with van der Waals surface area (Å²) in [6, 6.07) is 13.1. The lowest BCUT2D eigenvalue weighted by molar-refractivity contribution is -0.118. The molecule has 3 rings (SSSR count). The number of aromatic nitrogens is 3. The average molecular weight is 359 g/mol. The molecule has 5 nitrogen and oxygen atoms in total. The van der Waals surface area contributed by atoms with E-state index in [0.717, 1.165) is 16.5 Å². The van der Waals surface area contributed by atoms with Crippen LogP contribution in [0.2, 0.25) is 5.02 Å². The molecule has 122 valence electrons. The molecular formula is C17H15ClN4OS. The minimum absolute atomic E-state index is 0.0636. The van der Waals surface area contributed by atoms with E-state index in [1.165, 1.54) is 11.8 Å². The van der Waals surface area contributed by atoms with Gasteiger partial charge in [0.25, 0.3) is 0 Å². The first-order valence-electron chi connectivity index (χ1n) is 7.31. The van der Waals surface area contributed by atoms with Crippen LogP contribution in [0.3, 0.4) is 0 Å². The van der Waals surface area contributed by atoms with Crippen LogP contribution in [0.25, 0.3) is 5.69 Å². The Labute approximate surface area is 149 Å². The smallest absolute Gasteiger partial charge is 0.230 e. The second-order valence-corrected chi connectivity index (χ2v) is 6.33. The maximum absolute atomic E-state index is 12.0. The van der Waals surface area contributed by atoms with Crippen molar-refractivity contribution in [2.45, 2.75) is 11.7 Å². The van der Waals surface area contributed by atoms with Gasteiger partial charge < -0.3 is 5.32 Å². The van der Waals surface area contributed by atoms with Crippen molar-refractivity contribution < 1.29 is 4.79 Å². The van der Waals surface area contributed by atoms with E-state index >= 15 is 0 Å². The van der Waals surface area contributed by atoms with Crippen molar-refractivity contribution in [3.05, 3.63) is 71.8 Å². The summed E-state index contributed by atoms with van der Waals surface area (Å²) in [6.07, 6.45) is 5.26. The highest BCUT2D eigenvalue weighted by Crippen LogP contribution is 2.22. The summed E-state index contributed by atoms with van der Waals surface area (Å²) in [5, 5.41) is 4.25. The number of carbonyl (C=O) groups excluding carboxylic acids is 1. The molecule has 1 N–H and O–H groups in total. The van der Waals surface area contributed by atoms with Gasteiger partial charge in [0, 0.05) is 29.3 Å². The summed E-state index contributed by atoms with van der Waals surface area (Å²) < 4.78 is 1.91. The molecule has 0 atom stereocenters. The molecule has 0 unspecified atom stereocenters. The minimum atomic E-state index is -0.0636. The third-order valence-corrected chi connectivity index (χ3v) is 4.42. The second-order valence-electron chi connectivity index (χ2n) is 4.95. The van der Waals surface area contributed by atoms with Crippen LogP contribution in [0.1, 0.15) is 5.69 Å². The zero-order valence-corrected chi connectivity index (χ0v) is 14.3. The fourth-order valence-electron chi connectivity index (χ4n) is 2.09. The lowest BCUT2D eigenvalue weighted by Crippen LogP contribution is -2.25. The molecule has 0 fully saturated rings. The Kier molecular flexibility index (Phi) is 5.51. The van der Waals surface area contributed by atoms with E-state index in [1.807, 2.05) is 53.2 Å². The Morgan fingerprint density at radius 3 is 2.88 bits per heavy atom. The number of nitrogens with one attached hydrogen (secondary N) is 1. The highest BCUT2D eigenvalue weighted by molar-refractivity contribution is 7.99. The predicted molar refractivity (Wildman–Crippen MR) is 95.4 cm³/mol. The van der Waals surface area contributed by atoms with E-state index < -0.39 is 0 Å². The second kappa shape index (κ2) is 7.99. The zero-order valence-electron chi connectivity index (χ0n) is 12.7. The van der Waals surface area contributed by atoms with Crippen LogP contribution in [0.15, 0.2) is 66.2 Å². The molecule has 0 aliphatic heterocycles. The number of pyridine rings is 1. The molecule has 2 heterocycles. The SMILES string of the molecule is O=C(CSc1nccn1-c1cccc(Cl)c1)NCc1ccccn1. The molecule has 7 heteroatoms. The van der Waals surface area contributed by atoms with Gasteiger partial charge in [-0.15, -0.1) is 0 Å². The highest BCUT2D eigenvalue weighted by Gasteiger charge is 2.09. The lowest BCUT2D eigenvalue weighted by atomic mass is 10.3. The number of amides is 1. The van der Waals surface area contributed by atoms with Crippen molar-refractivity contribution in [1.29, 1.82) is 0 Å². The number of nitrogens with zero attached hydrogens (tertiary/aromatic N) is 3. The molecule has 0 spiro atoms. The van der Waals surface area contributed by atoms with Crippen LogP contribution >= 0.6 is 23.4 Å². The molecule has 1 aromatic carbocycles. The summed E-state index contributed by atoms with van der Waals surface area (Å²) in [4.78, 5) is 20.5. The Morgan fingerprint density at radius 2 is 2.08 bits per heavy atom. The number of carbonyl (C=O) groups is 1. The summed E-state index contributed by atoms with van der Waals surface area (Å²) in [5.74, 6) is 0.219. The average Bonchev–Trinajstić information content (AvgIpc) is 3.08. The number of imidazole rings is 1. The lowest BCUT2D eigenvalue weighted by Gasteiger charge is -2.08. The van der Waals surface area contributed by atoms with Gasteiger partial charge in [0.15, 0.2) is 5.16 Å². The summed E-state index contributed by atoms with van der Waals surface area (Å²) in [6.45, 7) is 0.420. The predicted octanol–water partition coefficient (Wildman–Crippen LogP) is 3.33. The van der Waals surface area contributed by atoms with Crippen molar-refractivity contribution in [2.24, 2.45) is 0 Å². The van der Waals surface area contributed by atoms with Crippen molar-refractivity contribution in [3.63, 3.8) is 0 Å². The topological polar surface area (TPSA) is 59.8 Å². The minimum Gasteiger partial charge on any atom is -0.350 e. The molecule has 0 saturated heterocycles. The maximum atomic E-state index is 12.0. The van der Waals surface area contributed by atoms with Gasteiger partial charge in [-0.05, 0) is 30.3 Å². The van der Waals surface area contributed by atoms with Gasteiger partial charge in [-0.25, -0.2) is 4.98 Å². The summed E-state index contributed by atoms with van der Waals surface area (Å²) in [5.41, 5.74) is 1.74. The van der Waals surface area contributed by atoms with E-state index in [2.05, 4.69) is 15.3 Å². The van der Waals surface area contributed by atoms with Gasteiger partial charge in [-0.1, -0.05) is 35.5 Å². The van der Waals surface area contributed by atoms with Crippen molar-refractivity contribution in [3.8, 4) is 5.69 Å². The standard InChI is InChI=1S/C17H15ClN4OS/c18-13-4-3-6-15(10-13)22-9-8-20-17(22)24-12-16(23)21-11-14-5-1-2-7-19-14/h1-10H,11-12H2,(H,21,23). The van der Waals surface area contributed by atoms with Crippen LogP contribution in [-0.4, -0.2) is 26.2 Å². The van der Waals surface area contributed by atoms with Crippen molar-refractivity contribution in [2.75, 3.05) is 5.75 Å². The fraction of sp³-hybridized carbons (Fsp3) is 0.118. The van der Waals surface area contributed by atoms with Gasteiger partial charge in [-0.3, -0.25) is 14.3 Å². The van der Waals surface area contributed by atoms with Crippen LogP contribution in [0.4, 0.5) is 0 Å². The highest BCUT2D eigenvalue weighted by atomic mass is 35.5. The molecular weight excluding hydrogens is 344 g/mol. The normalized spacial score (nSPS) is 10.5. The molecule has 1 amide bonds. The molecule has 0 bridgehead atoms. The zero-order chi connectivity index (χ0) is 16.8. The number of rotatable bonds is 6. The van der Waals surface area contributed by atoms with Gasteiger partial charge in [-0.2, -0.15) is 0 Å². The number of benzene rings is 1. The number of halogens is 1. The van der Waals surface area contributed by atoms with Gasteiger partial charge in [0.1, 0.15) is 0 Å². The van der Waals surface area contributed by atoms with Gasteiger partial charge >= 0.3 is 0 Å². The van der Waals surface area contributed by atoms with E-state index in [4.69, 9.17) is 11.6 Å². The van der Waals surface area contributed by atoms with E-state index in [0.29, 0.717) is 11.6 Å². The molecule has 0 radical (unpaired) electrons. The Balaban J connectivity index is 1.57. The molecule has 0 aliphatic rings. The maximum Gasteiger partial charge on any atom is 0.230 e. The Bertz CT molecular complexity index is 822. The van der Waals surface area contributed by atoms with Crippen molar-refractivity contribution in [1.82, 2.24) is 19.9 Å². The number of hydrogen-bond donors (Lipinski definition) is 1. The molecule has 3 aromatic rings.